The van der Waals surface area contributed by atoms with E-state index in [-0.39, 0.29) is 11.8 Å². The van der Waals surface area contributed by atoms with Crippen LogP contribution in [-0.4, -0.2) is 37.3 Å². The average Bonchev–Trinajstić information content (AvgIpc) is 3.29. The molecule has 9 heteroatoms. The highest BCUT2D eigenvalue weighted by molar-refractivity contribution is 7.92. The third kappa shape index (κ3) is 3.89. The fourth-order valence-electron chi connectivity index (χ4n) is 3.15. The zero-order valence-corrected chi connectivity index (χ0v) is 15.9. The van der Waals surface area contributed by atoms with Gasteiger partial charge in [-0.3, -0.25) is 9.52 Å². The first kappa shape index (κ1) is 18.2. The Kier molecular flexibility index (Phi) is 4.60. The molecule has 0 bridgehead atoms. The van der Waals surface area contributed by atoms with Crippen LogP contribution in [0.3, 0.4) is 0 Å². The van der Waals surface area contributed by atoms with Crippen molar-refractivity contribution in [3.05, 3.63) is 60.5 Å². The molecule has 28 heavy (non-hydrogen) atoms. The Bertz CT molecular complexity index is 1090. The third-order valence-corrected chi connectivity index (χ3v) is 5.04. The summed E-state index contributed by atoms with van der Waals surface area (Å²) in [6, 6.07) is 16.1. The van der Waals surface area contributed by atoms with E-state index >= 15 is 0 Å². The van der Waals surface area contributed by atoms with E-state index < -0.39 is 10.0 Å². The minimum atomic E-state index is -3.33. The van der Waals surface area contributed by atoms with Crippen molar-refractivity contribution >= 4 is 27.3 Å². The summed E-state index contributed by atoms with van der Waals surface area (Å²) in [5.74, 6) is 0.666. The summed E-state index contributed by atoms with van der Waals surface area (Å²) in [5, 5.41) is 4.00. The van der Waals surface area contributed by atoms with Crippen LogP contribution >= 0.6 is 0 Å². The maximum atomic E-state index is 12.4. The summed E-state index contributed by atoms with van der Waals surface area (Å²) in [6.07, 6.45) is 1.40. The van der Waals surface area contributed by atoms with Crippen LogP contribution in [-0.2, 0) is 14.8 Å². The first-order valence-corrected chi connectivity index (χ1v) is 10.6. The summed E-state index contributed by atoms with van der Waals surface area (Å²) in [6.45, 7) is 0.488. The van der Waals surface area contributed by atoms with Crippen LogP contribution in [0.15, 0.2) is 59.1 Å². The molecule has 1 N–H and O–H groups in total. The SMILES string of the molecule is CS(=O)(=O)Nc1ccc(-c2noc([C@@H]3CC(=O)N(c4ccccc4)C3)n2)cc1. The molecule has 0 unspecified atom stereocenters. The highest BCUT2D eigenvalue weighted by Crippen LogP contribution is 2.32. The minimum Gasteiger partial charge on any atom is -0.339 e. The second-order valence-electron chi connectivity index (χ2n) is 6.65. The molecule has 1 fully saturated rings. The van der Waals surface area contributed by atoms with Gasteiger partial charge in [0.25, 0.3) is 0 Å². The summed E-state index contributed by atoms with van der Waals surface area (Å²) in [5.41, 5.74) is 2.00. The van der Waals surface area contributed by atoms with Gasteiger partial charge in [0.1, 0.15) is 0 Å². The van der Waals surface area contributed by atoms with Gasteiger partial charge in [-0.05, 0) is 36.4 Å². The number of carbonyl (C=O) groups is 1. The first-order chi connectivity index (χ1) is 13.4. The Morgan fingerprint density at radius 2 is 1.82 bits per heavy atom. The van der Waals surface area contributed by atoms with Gasteiger partial charge in [-0.15, -0.1) is 0 Å². The normalized spacial score (nSPS) is 17.1. The second kappa shape index (κ2) is 7.08. The molecular formula is C19H18N4O4S. The second-order valence-corrected chi connectivity index (χ2v) is 8.40. The fourth-order valence-corrected chi connectivity index (χ4v) is 3.71. The van der Waals surface area contributed by atoms with Crippen LogP contribution in [0, 0.1) is 0 Å². The van der Waals surface area contributed by atoms with Crippen LogP contribution in [0.25, 0.3) is 11.4 Å². The summed E-state index contributed by atoms with van der Waals surface area (Å²) in [7, 11) is -3.33. The average molecular weight is 398 g/mol. The van der Waals surface area contributed by atoms with Crippen molar-refractivity contribution in [2.45, 2.75) is 12.3 Å². The zero-order valence-electron chi connectivity index (χ0n) is 15.1. The third-order valence-electron chi connectivity index (χ3n) is 4.43. The molecule has 1 aliphatic heterocycles. The number of aromatic nitrogens is 2. The van der Waals surface area contributed by atoms with E-state index in [0.29, 0.717) is 35.9 Å². The highest BCUT2D eigenvalue weighted by Gasteiger charge is 2.35. The van der Waals surface area contributed by atoms with Crippen molar-refractivity contribution in [3.8, 4) is 11.4 Å². The Hall–Kier alpha value is -3.20. The number of benzene rings is 2. The van der Waals surface area contributed by atoms with Gasteiger partial charge in [0, 0.05) is 29.9 Å². The van der Waals surface area contributed by atoms with E-state index in [2.05, 4.69) is 14.9 Å². The van der Waals surface area contributed by atoms with Crippen LogP contribution in [0.4, 0.5) is 11.4 Å². The minimum absolute atomic E-state index is 0.0205. The number of nitrogens with one attached hydrogen (secondary N) is 1. The summed E-state index contributed by atoms with van der Waals surface area (Å²) < 4.78 is 30.4. The van der Waals surface area contributed by atoms with Gasteiger partial charge >= 0.3 is 0 Å². The molecule has 1 aliphatic rings. The van der Waals surface area contributed by atoms with Crippen molar-refractivity contribution in [3.63, 3.8) is 0 Å². The molecule has 144 valence electrons. The molecule has 0 saturated carbocycles. The van der Waals surface area contributed by atoms with Crippen LogP contribution in [0.5, 0.6) is 0 Å². The monoisotopic (exact) mass is 398 g/mol. The van der Waals surface area contributed by atoms with Gasteiger partial charge in [-0.2, -0.15) is 4.98 Å². The number of hydrogen-bond acceptors (Lipinski definition) is 6. The molecule has 2 heterocycles. The molecule has 1 amide bonds. The Labute approximate surface area is 162 Å². The van der Waals surface area contributed by atoms with Crippen LogP contribution in [0.2, 0.25) is 0 Å². The predicted octanol–water partition coefficient (Wildman–Crippen LogP) is 2.63. The summed E-state index contributed by atoms with van der Waals surface area (Å²) >= 11 is 0. The number of para-hydroxylation sites is 1. The number of rotatable bonds is 5. The lowest BCUT2D eigenvalue weighted by atomic mass is 10.1. The number of hydrogen-bond donors (Lipinski definition) is 1. The summed E-state index contributed by atoms with van der Waals surface area (Å²) in [4.78, 5) is 18.5. The van der Waals surface area contributed by atoms with E-state index in [1.165, 1.54) is 0 Å². The Morgan fingerprint density at radius 1 is 1.11 bits per heavy atom. The van der Waals surface area contributed by atoms with Gasteiger partial charge in [-0.25, -0.2) is 8.42 Å². The Morgan fingerprint density at radius 3 is 2.50 bits per heavy atom. The van der Waals surface area contributed by atoms with Crippen molar-refractivity contribution in [2.75, 3.05) is 22.4 Å². The van der Waals surface area contributed by atoms with E-state index in [1.54, 1.807) is 29.2 Å². The van der Waals surface area contributed by atoms with Crippen molar-refractivity contribution < 1.29 is 17.7 Å². The predicted molar refractivity (Wildman–Crippen MR) is 104 cm³/mol. The topological polar surface area (TPSA) is 105 Å². The number of sulfonamides is 1. The molecule has 8 nitrogen and oxygen atoms in total. The lowest BCUT2D eigenvalue weighted by Gasteiger charge is -2.15. The number of amides is 1. The van der Waals surface area contributed by atoms with E-state index in [0.717, 1.165) is 11.9 Å². The molecular weight excluding hydrogens is 380 g/mol. The van der Waals surface area contributed by atoms with Crippen LogP contribution in [0.1, 0.15) is 18.2 Å². The maximum absolute atomic E-state index is 12.4. The largest absolute Gasteiger partial charge is 0.339 e. The maximum Gasteiger partial charge on any atom is 0.232 e. The standard InChI is InChI=1S/C19H18N4O4S/c1-28(25,26)22-15-9-7-13(8-10-15)18-20-19(27-21-18)14-11-17(24)23(12-14)16-5-3-2-4-6-16/h2-10,14,22H,11-12H2,1H3/t14-/m1/s1. The smallest absolute Gasteiger partial charge is 0.232 e. The van der Waals surface area contributed by atoms with Gasteiger partial charge in [0.15, 0.2) is 0 Å². The van der Waals surface area contributed by atoms with E-state index in [4.69, 9.17) is 4.52 Å². The van der Waals surface area contributed by atoms with Gasteiger partial charge < -0.3 is 9.42 Å². The molecule has 1 saturated heterocycles. The lowest BCUT2D eigenvalue weighted by molar-refractivity contribution is -0.117. The van der Waals surface area contributed by atoms with Gasteiger partial charge in [0.05, 0.1) is 12.2 Å². The Balaban J connectivity index is 1.50. The molecule has 0 aliphatic carbocycles. The van der Waals surface area contributed by atoms with E-state index in [9.17, 15) is 13.2 Å². The fraction of sp³-hybridized carbons (Fsp3) is 0.211. The van der Waals surface area contributed by atoms with Crippen molar-refractivity contribution in [1.82, 2.24) is 10.1 Å². The first-order valence-electron chi connectivity index (χ1n) is 8.66. The molecule has 0 spiro atoms. The molecule has 4 rings (SSSR count). The number of nitrogens with zero attached hydrogens (tertiary/aromatic N) is 3. The molecule has 1 aromatic heterocycles. The van der Waals surface area contributed by atoms with Crippen molar-refractivity contribution in [1.29, 1.82) is 0 Å². The number of anilines is 2. The number of carbonyl (C=O) groups excluding carboxylic acids is 1. The lowest BCUT2D eigenvalue weighted by Crippen LogP contribution is -2.24. The quantitative estimate of drug-likeness (QED) is 0.708. The molecule has 2 aromatic carbocycles. The van der Waals surface area contributed by atoms with Crippen molar-refractivity contribution in [2.24, 2.45) is 0 Å². The highest BCUT2D eigenvalue weighted by atomic mass is 32.2. The van der Waals surface area contributed by atoms with Gasteiger partial charge in [0.2, 0.25) is 27.6 Å². The molecule has 3 aromatic rings. The van der Waals surface area contributed by atoms with Crippen LogP contribution < -0.4 is 9.62 Å². The molecule has 1 atom stereocenters. The van der Waals surface area contributed by atoms with E-state index in [1.807, 2.05) is 30.3 Å². The zero-order chi connectivity index (χ0) is 19.7. The van der Waals surface area contributed by atoms with Gasteiger partial charge in [-0.1, -0.05) is 23.4 Å². The molecule has 0 radical (unpaired) electrons.